The van der Waals surface area contributed by atoms with E-state index in [2.05, 4.69) is 173 Å². The first-order valence-corrected chi connectivity index (χ1v) is 25.5. The highest BCUT2D eigenvalue weighted by Gasteiger charge is 2.42. The molecule has 0 bridgehead atoms. The second-order valence-corrected chi connectivity index (χ2v) is 23.8. The molecule has 2 unspecified atom stereocenters. The van der Waals surface area contributed by atoms with Crippen LogP contribution in [0.25, 0.3) is 21.5 Å². The number of rotatable bonds is 17. The van der Waals surface area contributed by atoms with Crippen molar-refractivity contribution in [1.82, 2.24) is 0 Å². The second kappa shape index (κ2) is 18.3. The van der Waals surface area contributed by atoms with Gasteiger partial charge in [-0.15, -0.1) is 0 Å². The van der Waals surface area contributed by atoms with E-state index in [1.54, 1.807) is 0 Å². The molecule has 2 N–H and O–H groups in total. The Balaban J connectivity index is 2.08. The molecular weight excluding hydrogens is 764 g/mol. The maximum absolute atomic E-state index is 10.6. The molecule has 4 heteroatoms. The van der Waals surface area contributed by atoms with Gasteiger partial charge in [0, 0.05) is 5.92 Å². The summed E-state index contributed by atoms with van der Waals surface area (Å²) < 4.78 is 6.30. The van der Waals surface area contributed by atoms with Gasteiger partial charge in [-0.3, -0.25) is 0 Å². The van der Waals surface area contributed by atoms with E-state index in [1.165, 1.54) is 66.1 Å². The summed E-state index contributed by atoms with van der Waals surface area (Å²) in [6.45, 7) is 43.1. The van der Waals surface area contributed by atoms with Crippen LogP contribution >= 0.6 is 8.60 Å². The van der Waals surface area contributed by atoms with Crippen molar-refractivity contribution in [3.63, 3.8) is 0 Å². The van der Waals surface area contributed by atoms with E-state index in [4.69, 9.17) is 4.52 Å². The molecule has 4 aromatic carbocycles. The van der Waals surface area contributed by atoms with Crippen molar-refractivity contribution in [2.45, 2.75) is 233 Å². The Morgan fingerprint density at radius 2 is 0.820 bits per heavy atom. The average molecular weight is 851 g/mol. The van der Waals surface area contributed by atoms with E-state index < -0.39 is 8.60 Å². The molecule has 5 rings (SSSR count). The van der Waals surface area contributed by atoms with Crippen LogP contribution in [0.4, 0.5) is 0 Å². The molecule has 0 heterocycles. The summed E-state index contributed by atoms with van der Waals surface area (Å²) in [4.78, 5) is 21.2. The van der Waals surface area contributed by atoms with E-state index in [-0.39, 0.29) is 50.4 Å². The first-order valence-electron chi connectivity index (χ1n) is 24.4. The lowest BCUT2D eigenvalue weighted by Crippen LogP contribution is -2.35. The zero-order chi connectivity index (χ0) is 45.7. The third-order valence-electron chi connectivity index (χ3n) is 17.1. The fraction of sp³-hybridized carbons (Fsp3) is 0.649. The molecule has 1 saturated carbocycles. The van der Waals surface area contributed by atoms with Crippen LogP contribution in [0.5, 0.6) is 0 Å². The lowest BCUT2D eigenvalue weighted by molar-refractivity contribution is 0.0700. The summed E-state index contributed by atoms with van der Waals surface area (Å²) >= 11 is 0. The molecule has 0 aliphatic heterocycles. The molecule has 338 valence electrons. The molecule has 2 atom stereocenters. The van der Waals surface area contributed by atoms with Crippen molar-refractivity contribution in [1.29, 1.82) is 0 Å². The van der Waals surface area contributed by atoms with Gasteiger partial charge in [0.1, 0.15) is 0 Å². The predicted molar refractivity (Wildman–Crippen MR) is 268 cm³/mol. The van der Waals surface area contributed by atoms with Gasteiger partial charge in [0.15, 0.2) is 0 Å². The standard InChI is InChI=1S/C57H87O3P/c1-19-52(7,8)39-29-37-31-46(54(11,12)21-3)44(35-42(37)48(33-39)56(15,16)23-5)51(41-27-25-26-28-50(41)60-61(58)59)45-36-43-38(32-47(45)55(13,14)22-4)30-40(53(9,10)20-2)34-49(43)57(17,18)24-6/h29-36,41,50-51,58-59H,19-28H2,1-18H3. The molecule has 61 heavy (non-hydrogen) atoms. The number of fused-ring (bicyclic) bond motifs is 2. The minimum Gasteiger partial charge on any atom is -0.328 e. The third kappa shape index (κ3) is 9.87. The summed E-state index contributed by atoms with van der Waals surface area (Å²) in [5, 5.41) is 5.39. The summed E-state index contributed by atoms with van der Waals surface area (Å²) in [6, 6.07) is 20.6. The SMILES string of the molecule is CCC(C)(C)c1cc(C(C)(C)CC)c2cc(C(c3cc4c(C(C)(C)CC)cc(C(C)(C)CC)cc4cc3C(C)(C)CC)C3CCCCC3OP(O)O)c(C(C)(C)CC)cc2c1. The van der Waals surface area contributed by atoms with Gasteiger partial charge in [0.05, 0.1) is 6.10 Å². The first kappa shape index (κ1) is 49.7. The Morgan fingerprint density at radius 3 is 1.16 bits per heavy atom. The molecule has 3 nitrogen and oxygen atoms in total. The van der Waals surface area contributed by atoms with Crippen LogP contribution in [0.15, 0.2) is 48.5 Å². The van der Waals surface area contributed by atoms with Crippen molar-refractivity contribution < 1.29 is 14.3 Å². The highest BCUT2D eigenvalue weighted by atomic mass is 31.2. The van der Waals surface area contributed by atoms with Gasteiger partial charge >= 0.3 is 8.60 Å². The van der Waals surface area contributed by atoms with Crippen molar-refractivity contribution in [3.05, 3.63) is 93.0 Å². The van der Waals surface area contributed by atoms with E-state index in [1.807, 2.05) is 0 Å². The van der Waals surface area contributed by atoms with Crippen LogP contribution in [0.3, 0.4) is 0 Å². The maximum atomic E-state index is 10.6. The largest absolute Gasteiger partial charge is 0.328 e. The van der Waals surface area contributed by atoms with Crippen molar-refractivity contribution >= 4 is 30.1 Å². The van der Waals surface area contributed by atoms with Crippen molar-refractivity contribution in [2.75, 3.05) is 0 Å². The highest BCUT2D eigenvalue weighted by Crippen LogP contribution is 2.53. The minimum atomic E-state index is -2.51. The van der Waals surface area contributed by atoms with E-state index in [0.29, 0.717) is 0 Å². The van der Waals surface area contributed by atoms with Crippen LogP contribution in [0, 0.1) is 5.92 Å². The van der Waals surface area contributed by atoms with Gasteiger partial charge in [0.2, 0.25) is 0 Å². The lowest BCUT2D eigenvalue weighted by atomic mass is 9.64. The van der Waals surface area contributed by atoms with Gasteiger partial charge in [-0.05, 0) is 168 Å². The molecule has 1 aliphatic carbocycles. The summed E-state index contributed by atoms with van der Waals surface area (Å²) in [5.41, 5.74) is 11.1. The normalized spacial score (nSPS) is 17.7. The van der Waals surface area contributed by atoms with Crippen molar-refractivity contribution in [2.24, 2.45) is 5.92 Å². The topological polar surface area (TPSA) is 49.7 Å². The Hall–Kier alpha value is -2.29. The van der Waals surface area contributed by atoms with Crippen LogP contribution < -0.4 is 0 Å². The zero-order valence-electron chi connectivity index (χ0n) is 42.2. The van der Waals surface area contributed by atoms with E-state index >= 15 is 0 Å². The molecule has 4 aromatic rings. The summed E-state index contributed by atoms with van der Waals surface area (Å²) in [7, 11) is -2.51. The zero-order valence-corrected chi connectivity index (χ0v) is 43.1. The first-order chi connectivity index (χ1) is 28.2. The van der Waals surface area contributed by atoms with Crippen LogP contribution in [0.1, 0.15) is 239 Å². The Morgan fingerprint density at radius 1 is 0.475 bits per heavy atom. The van der Waals surface area contributed by atoms with Gasteiger partial charge < -0.3 is 14.3 Å². The fourth-order valence-corrected chi connectivity index (χ4v) is 10.5. The Bertz CT molecular complexity index is 2030. The van der Waals surface area contributed by atoms with Crippen LogP contribution in [-0.4, -0.2) is 15.9 Å². The average Bonchev–Trinajstić information content (AvgIpc) is 3.22. The van der Waals surface area contributed by atoms with E-state index in [0.717, 1.165) is 64.2 Å². The highest BCUT2D eigenvalue weighted by molar-refractivity contribution is 7.39. The van der Waals surface area contributed by atoms with E-state index in [9.17, 15) is 9.79 Å². The monoisotopic (exact) mass is 851 g/mol. The minimum absolute atomic E-state index is 0.0237. The molecule has 0 amide bonds. The number of hydrogen-bond acceptors (Lipinski definition) is 3. The molecule has 0 radical (unpaired) electrons. The number of benzene rings is 4. The maximum Gasteiger partial charge on any atom is 0.327 e. The van der Waals surface area contributed by atoms with Gasteiger partial charge in [0.25, 0.3) is 0 Å². The second-order valence-electron chi connectivity index (χ2n) is 23.1. The van der Waals surface area contributed by atoms with Crippen molar-refractivity contribution in [3.8, 4) is 0 Å². The number of hydrogen-bond donors (Lipinski definition) is 2. The third-order valence-corrected chi connectivity index (χ3v) is 17.6. The quantitative estimate of drug-likeness (QED) is 0.104. The Labute approximate surface area is 375 Å². The Kier molecular flexibility index (Phi) is 14.9. The predicted octanol–water partition coefficient (Wildman–Crippen LogP) is 17.0. The summed E-state index contributed by atoms with van der Waals surface area (Å²) in [5.74, 6) is 0.0389. The molecule has 0 saturated heterocycles. The van der Waals surface area contributed by atoms with Gasteiger partial charge in [-0.25, -0.2) is 0 Å². The molecule has 1 aliphatic rings. The van der Waals surface area contributed by atoms with Crippen LogP contribution in [0.2, 0.25) is 0 Å². The van der Waals surface area contributed by atoms with Crippen LogP contribution in [-0.2, 0) is 37.0 Å². The van der Waals surface area contributed by atoms with Gasteiger partial charge in [-0.2, -0.15) is 0 Å². The van der Waals surface area contributed by atoms with Gasteiger partial charge in [-0.1, -0.05) is 174 Å². The fourth-order valence-electron chi connectivity index (χ4n) is 10.0. The molecule has 0 aromatic heterocycles. The molecule has 1 fully saturated rings. The lowest BCUT2D eigenvalue weighted by Gasteiger charge is -2.42. The summed E-state index contributed by atoms with van der Waals surface area (Å²) in [6.07, 6.45) is 9.91. The molecular formula is C57H87O3P. The molecule has 0 spiro atoms. The smallest absolute Gasteiger partial charge is 0.327 e.